The van der Waals surface area contributed by atoms with Crippen molar-refractivity contribution in [2.75, 3.05) is 16.9 Å². The van der Waals surface area contributed by atoms with Gasteiger partial charge in [-0.25, -0.2) is 27.2 Å². The number of rotatable bonds is 7. The summed E-state index contributed by atoms with van der Waals surface area (Å²) in [6, 6.07) is 6.29. The Morgan fingerprint density at radius 1 is 1.21 bits per heavy atom. The number of amides is 1. The molecule has 4 aromatic rings. The van der Waals surface area contributed by atoms with Crippen LogP contribution in [0.4, 0.5) is 26.0 Å². The summed E-state index contributed by atoms with van der Waals surface area (Å²) in [5, 5.41) is 10.2. The van der Waals surface area contributed by atoms with Crippen molar-refractivity contribution >= 4 is 44.1 Å². The smallest absolute Gasteiger partial charge is 0.295 e. The van der Waals surface area contributed by atoms with E-state index < -0.39 is 22.1 Å². The number of pyridine rings is 1. The maximum absolute atomic E-state index is 13.4. The van der Waals surface area contributed by atoms with Crippen molar-refractivity contribution in [1.82, 2.24) is 24.7 Å². The Labute approximate surface area is 217 Å². The molecule has 1 fully saturated rings. The maximum Gasteiger partial charge on any atom is 0.295 e. The summed E-state index contributed by atoms with van der Waals surface area (Å²) in [6.45, 7) is 5.83. The van der Waals surface area contributed by atoms with Gasteiger partial charge in [0.2, 0.25) is 5.91 Å². The number of hydrogen-bond acceptors (Lipinski definition) is 7. The minimum atomic E-state index is -3.72. The van der Waals surface area contributed by atoms with Crippen LogP contribution < -0.4 is 10.6 Å². The van der Waals surface area contributed by atoms with E-state index in [1.165, 1.54) is 12.1 Å². The molecule has 1 aliphatic carbocycles. The van der Waals surface area contributed by atoms with E-state index in [-0.39, 0.29) is 50.5 Å². The van der Waals surface area contributed by atoms with Crippen molar-refractivity contribution in [3.8, 4) is 11.3 Å². The number of anilines is 3. The van der Waals surface area contributed by atoms with Crippen LogP contribution in [-0.2, 0) is 21.7 Å². The zero-order valence-corrected chi connectivity index (χ0v) is 22.2. The lowest BCUT2D eigenvalue weighted by atomic mass is 10.1. The molecule has 1 aromatic carbocycles. The molecule has 0 aliphatic heterocycles. The number of sulfone groups is 1. The van der Waals surface area contributed by atoms with Gasteiger partial charge in [0.05, 0.1) is 22.0 Å². The second-order valence-corrected chi connectivity index (χ2v) is 12.3. The topological polar surface area (TPSA) is 135 Å². The Hall–Kier alpha value is -3.87. The number of benzene rings is 1. The highest BCUT2D eigenvalue weighted by Crippen LogP contribution is 2.52. The fourth-order valence-corrected chi connectivity index (χ4v) is 5.38. The number of nitrogens with zero attached hydrogens (tertiary/aromatic N) is 4. The van der Waals surface area contributed by atoms with E-state index in [2.05, 4.69) is 30.7 Å². The van der Waals surface area contributed by atoms with Gasteiger partial charge in [-0.05, 0) is 36.5 Å². The molecule has 38 heavy (non-hydrogen) atoms. The molecule has 13 heteroatoms. The van der Waals surface area contributed by atoms with Crippen LogP contribution in [0.1, 0.15) is 38.1 Å². The number of aromatic amines is 1. The molecule has 0 unspecified atom stereocenters. The zero-order valence-electron chi connectivity index (χ0n) is 21.4. The summed E-state index contributed by atoms with van der Waals surface area (Å²) >= 11 is 0. The van der Waals surface area contributed by atoms with E-state index in [1.54, 1.807) is 23.9 Å². The standard InChI is InChI=1S/C25H27F2N7O3S/c1-12-11-34(4)33-19(12)13-6-7-15(17(8-13)38(5,36)37)28-16-9-18(30-24(35)14-10-25(14,2)3)29-22-20(16)31-23(32-22)21(26)27/h6-9,11,14,21H,10H2,1-5H3,(H3,28,29,30,31,32,35)/t14-/m1/s1. The molecule has 1 aliphatic rings. The first-order valence-electron chi connectivity index (χ1n) is 11.8. The number of alkyl halides is 2. The van der Waals surface area contributed by atoms with Gasteiger partial charge in [-0.2, -0.15) is 5.10 Å². The van der Waals surface area contributed by atoms with Crippen molar-refractivity contribution in [2.24, 2.45) is 18.4 Å². The first kappa shape index (κ1) is 25.8. The number of halogens is 2. The third kappa shape index (κ3) is 4.85. The monoisotopic (exact) mass is 543 g/mol. The zero-order chi connectivity index (χ0) is 27.6. The van der Waals surface area contributed by atoms with Crippen LogP contribution in [0.3, 0.4) is 0 Å². The van der Waals surface area contributed by atoms with Crippen molar-refractivity contribution in [3.05, 3.63) is 41.9 Å². The van der Waals surface area contributed by atoms with Gasteiger partial charge in [0.15, 0.2) is 21.3 Å². The molecule has 1 saturated carbocycles. The fourth-order valence-electron chi connectivity index (χ4n) is 4.52. The number of aromatic nitrogens is 5. The summed E-state index contributed by atoms with van der Waals surface area (Å²) in [5.41, 5.74) is 2.54. The molecular weight excluding hydrogens is 516 g/mol. The number of carbonyl (C=O) groups excluding carboxylic acids is 1. The van der Waals surface area contributed by atoms with Crippen LogP contribution in [0, 0.1) is 18.3 Å². The number of H-pyrrole nitrogens is 1. The minimum Gasteiger partial charge on any atom is -0.353 e. The van der Waals surface area contributed by atoms with Gasteiger partial charge in [0, 0.05) is 37.0 Å². The SMILES string of the molecule is Cc1cn(C)nc1-c1ccc(Nc2cc(NC(=O)[C@H]3CC3(C)C)nc3nc(C(F)F)[nH]c23)c(S(C)(=O)=O)c1. The summed E-state index contributed by atoms with van der Waals surface area (Å²) in [4.78, 5) is 23.3. The highest BCUT2D eigenvalue weighted by Gasteiger charge is 2.50. The first-order valence-corrected chi connectivity index (χ1v) is 13.7. The largest absolute Gasteiger partial charge is 0.353 e. The molecule has 1 amide bonds. The lowest BCUT2D eigenvalue weighted by molar-refractivity contribution is -0.118. The predicted molar refractivity (Wildman–Crippen MR) is 139 cm³/mol. The third-order valence-corrected chi connectivity index (χ3v) is 7.84. The van der Waals surface area contributed by atoms with Crippen molar-refractivity contribution in [1.29, 1.82) is 0 Å². The number of aryl methyl sites for hydroxylation is 2. The quantitative estimate of drug-likeness (QED) is 0.307. The summed E-state index contributed by atoms with van der Waals surface area (Å²) < 4.78 is 54.1. The average Bonchev–Trinajstić information content (AvgIpc) is 3.12. The van der Waals surface area contributed by atoms with Gasteiger partial charge >= 0.3 is 0 Å². The van der Waals surface area contributed by atoms with Gasteiger partial charge in [0.25, 0.3) is 6.43 Å². The molecule has 3 N–H and O–H groups in total. The minimum absolute atomic E-state index is 0.0103. The number of imidazole rings is 1. The molecule has 3 aromatic heterocycles. The Morgan fingerprint density at radius 3 is 2.50 bits per heavy atom. The summed E-state index contributed by atoms with van der Waals surface area (Å²) in [7, 11) is -1.95. The lowest BCUT2D eigenvalue weighted by Gasteiger charge is -2.14. The van der Waals surface area contributed by atoms with E-state index in [4.69, 9.17) is 0 Å². The highest BCUT2D eigenvalue weighted by molar-refractivity contribution is 7.90. The molecule has 0 spiro atoms. The molecule has 1 atom stereocenters. The predicted octanol–water partition coefficient (Wildman–Crippen LogP) is 4.74. The first-order chi connectivity index (χ1) is 17.7. The third-order valence-electron chi connectivity index (χ3n) is 6.70. The average molecular weight is 544 g/mol. The van der Waals surface area contributed by atoms with Crippen LogP contribution in [0.15, 0.2) is 35.4 Å². The molecule has 5 rings (SSSR count). The van der Waals surface area contributed by atoms with Gasteiger partial charge in [-0.1, -0.05) is 19.9 Å². The van der Waals surface area contributed by atoms with Crippen LogP contribution in [-0.4, -0.2) is 45.3 Å². The van der Waals surface area contributed by atoms with Crippen LogP contribution >= 0.6 is 0 Å². The molecular formula is C25H27F2N7O3S. The van der Waals surface area contributed by atoms with Crippen LogP contribution in [0.25, 0.3) is 22.4 Å². The second-order valence-electron chi connectivity index (χ2n) is 10.4. The number of carbonyl (C=O) groups is 1. The summed E-state index contributed by atoms with van der Waals surface area (Å²) in [5.74, 6) is -0.899. The van der Waals surface area contributed by atoms with Crippen LogP contribution in [0.2, 0.25) is 0 Å². The van der Waals surface area contributed by atoms with Crippen molar-refractivity contribution in [3.63, 3.8) is 0 Å². The number of fused-ring (bicyclic) bond motifs is 1. The second kappa shape index (κ2) is 8.86. The Bertz CT molecular complexity index is 1690. The number of hydrogen-bond donors (Lipinski definition) is 3. The molecule has 0 bridgehead atoms. The summed E-state index contributed by atoms with van der Waals surface area (Å²) in [6.07, 6.45) is 0.755. The highest BCUT2D eigenvalue weighted by atomic mass is 32.2. The van der Waals surface area contributed by atoms with Crippen LogP contribution in [0.5, 0.6) is 0 Å². The Kier molecular flexibility index (Phi) is 6.01. The van der Waals surface area contributed by atoms with Gasteiger partial charge < -0.3 is 15.6 Å². The molecule has 3 heterocycles. The van der Waals surface area contributed by atoms with E-state index in [9.17, 15) is 22.0 Å². The van der Waals surface area contributed by atoms with E-state index in [0.29, 0.717) is 11.3 Å². The van der Waals surface area contributed by atoms with Crippen molar-refractivity contribution < 1.29 is 22.0 Å². The Morgan fingerprint density at radius 2 is 1.92 bits per heavy atom. The van der Waals surface area contributed by atoms with E-state index in [1.807, 2.05) is 27.0 Å². The molecule has 0 radical (unpaired) electrons. The normalized spacial score (nSPS) is 16.7. The Balaban J connectivity index is 1.58. The fraction of sp³-hybridized carbons (Fsp3) is 0.360. The molecule has 0 saturated heterocycles. The van der Waals surface area contributed by atoms with Gasteiger partial charge in [0.1, 0.15) is 11.3 Å². The van der Waals surface area contributed by atoms with E-state index in [0.717, 1.165) is 18.2 Å². The lowest BCUT2D eigenvalue weighted by Crippen LogP contribution is -2.17. The van der Waals surface area contributed by atoms with E-state index >= 15 is 0 Å². The van der Waals surface area contributed by atoms with Gasteiger partial charge in [-0.15, -0.1) is 0 Å². The number of nitrogens with one attached hydrogen (secondary N) is 3. The van der Waals surface area contributed by atoms with Crippen molar-refractivity contribution in [2.45, 2.75) is 38.5 Å². The maximum atomic E-state index is 13.4. The molecule has 10 nitrogen and oxygen atoms in total. The molecule has 200 valence electrons. The van der Waals surface area contributed by atoms with Gasteiger partial charge in [-0.3, -0.25) is 9.48 Å².